The van der Waals surface area contributed by atoms with Gasteiger partial charge in [0, 0.05) is 29.1 Å². The lowest BCUT2D eigenvalue weighted by atomic mass is 10.4. The van der Waals surface area contributed by atoms with Crippen molar-refractivity contribution < 1.29 is 8.42 Å². The molecule has 0 saturated carbocycles. The highest BCUT2D eigenvalue weighted by Crippen LogP contribution is 2.27. The van der Waals surface area contributed by atoms with Crippen molar-refractivity contribution in [1.82, 2.24) is 9.21 Å². The summed E-state index contributed by atoms with van der Waals surface area (Å²) in [5.41, 5.74) is 0. The Morgan fingerprint density at radius 3 is 2.28 bits per heavy atom. The first-order valence-corrected chi connectivity index (χ1v) is 8.34. The van der Waals surface area contributed by atoms with Crippen LogP contribution in [-0.4, -0.2) is 51.9 Å². The number of nitrogens with zero attached hydrogens (tertiary/aromatic N) is 2. The van der Waals surface area contributed by atoms with Crippen molar-refractivity contribution in [1.29, 1.82) is 0 Å². The van der Waals surface area contributed by atoms with E-state index in [1.165, 1.54) is 4.31 Å². The molecule has 0 aliphatic heterocycles. The highest BCUT2D eigenvalue weighted by atomic mass is 79.9. The summed E-state index contributed by atoms with van der Waals surface area (Å²) >= 11 is 6.57. The quantitative estimate of drug-likeness (QED) is 0.763. The molecular formula is C11H16Br2N2O2S. The second-order valence-corrected chi connectivity index (χ2v) is 7.99. The lowest BCUT2D eigenvalue weighted by Gasteiger charge is -2.20. The molecule has 0 unspecified atom stereocenters. The maximum Gasteiger partial charge on any atom is 0.244 e. The third-order valence-electron chi connectivity index (χ3n) is 2.44. The van der Waals surface area contributed by atoms with Gasteiger partial charge in [-0.05, 0) is 48.2 Å². The number of benzene rings is 1. The summed E-state index contributed by atoms with van der Waals surface area (Å²) < 4.78 is 27.4. The summed E-state index contributed by atoms with van der Waals surface area (Å²) in [5.74, 6) is 0. The predicted molar refractivity (Wildman–Crippen MR) is 80.2 cm³/mol. The van der Waals surface area contributed by atoms with Crippen LogP contribution < -0.4 is 0 Å². The molecule has 1 aromatic carbocycles. The zero-order valence-electron chi connectivity index (χ0n) is 10.5. The van der Waals surface area contributed by atoms with Gasteiger partial charge in [-0.2, -0.15) is 4.31 Å². The van der Waals surface area contributed by atoms with E-state index in [1.807, 2.05) is 19.0 Å². The molecule has 1 rings (SSSR count). The van der Waals surface area contributed by atoms with Gasteiger partial charge in [0.1, 0.15) is 0 Å². The first kappa shape index (κ1) is 16.1. The van der Waals surface area contributed by atoms with Gasteiger partial charge in [-0.3, -0.25) is 0 Å². The van der Waals surface area contributed by atoms with Crippen molar-refractivity contribution in [3.8, 4) is 0 Å². The van der Waals surface area contributed by atoms with E-state index >= 15 is 0 Å². The molecule has 4 nitrogen and oxygen atoms in total. The van der Waals surface area contributed by atoms with Crippen LogP contribution in [0.15, 0.2) is 32.0 Å². The summed E-state index contributed by atoms with van der Waals surface area (Å²) in [4.78, 5) is 2.22. The Bertz CT molecular complexity index is 518. The van der Waals surface area contributed by atoms with E-state index in [-0.39, 0.29) is 4.90 Å². The number of sulfonamides is 1. The summed E-state index contributed by atoms with van der Waals surface area (Å²) in [5, 5.41) is 0. The number of rotatable bonds is 5. The third kappa shape index (κ3) is 4.03. The zero-order chi connectivity index (χ0) is 13.9. The first-order valence-electron chi connectivity index (χ1n) is 5.31. The van der Waals surface area contributed by atoms with Gasteiger partial charge in [0.2, 0.25) is 10.0 Å². The molecule has 1 aromatic rings. The van der Waals surface area contributed by atoms with E-state index in [0.29, 0.717) is 17.6 Å². The van der Waals surface area contributed by atoms with Crippen LogP contribution in [0.1, 0.15) is 0 Å². The largest absolute Gasteiger partial charge is 0.308 e. The van der Waals surface area contributed by atoms with E-state index in [4.69, 9.17) is 0 Å². The van der Waals surface area contributed by atoms with Crippen molar-refractivity contribution >= 4 is 41.9 Å². The van der Waals surface area contributed by atoms with Crippen LogP contribution in [0.2, 0.25) is 0 Å². The van der Waals surface area contributed by atoms with E-state index in [1.54, 1.807) is 25.2 Å². The lowest BCUT2D eigenvalue weighted by molar-refractivity contribution is 0.358. The summed E-state index contributed by atoms with van der Waals surface area (Å²) in [7, 11) is 1.96. The van der Waals surface area contributed by atoms with Crippen molar-refractivity contribution in [3.05, 3.63) is 27.1 Å². The van der Waals surface area contributed by atoms with Gasteiger partial charge in [0.25, 0.3) is 0 Å². The summed E-state index contributed by atoms with van der Waals surface area (Å²) in [6, 6.07) is 5.12. The molecule has 102 valence electrons. The van der Waals surface area contributed by atoms with Gasteiger partial charge in [0.15, 0.2) is 0 Å². The molecule has 0 radical (unpaired) electrons. The lowest BCUT2D eigenvalue weighted by Crippen LogP contribution is -2.33. The first-order chi connectivity index (χ1) is 8.25. The molecule has 0 aliphatic carbocycles. The Morgan fingerprint density at radius 2 is 1.72 bits per heavy atom. The van der Waals surface area contributed by atoms with Crippen LogP contribution in [0, 0.1) is 0 Å². The van der Waals surface area contributed by atoms with Crippen LogP contribution in [-0.2, 0) is 10.0 Å². The fourth-order valence-electron chi connectivity index (χ4n) is 1.30. The van der Waals surface area contributed by atoms with E-state index in [2.05, 4.69) is 31.9 Å². The van der Waals surface area contributed by atoms with Crippen LogP contribution in [0.3, 0.4) is 0 Å². The Labute approximate surface area is 125 Å². The molecule has 0 amide bonds. The Hall–Kier alpha value is 0.0500. The predicted octanol–water partition coefficient (Wildman–Crippen LogP) is 2.39. The molecular weight excluding hydrogens is 384 g/mol. The maximum atomic E-state index is 12.4. The molecule has 0 aromatic heterocycles. The monoisotopic (exact) mass is 398 g/mol. The van der Waals surface area contributed by atoms with Gasteiger partial charge >= 0.3 is 0 Å². The van der Waals surface area contributed by atoms with Crippen molar-refractivity contribution in [2.24, 2.45) is 0 Å². The minimum Gasteiger partial charge on any atom is -0.308 e. The molecule has 0 N–H and O–H groups in total. The van der Waals surface area contributed by atoms with E-state index in [9.17, 15) is 8.42 Å². The fraction of sp³-hybridized carbons (Fsp3) is 0.455. The van der Waals surface area contributed by atoms with Crippen LogP contribution in [0.5, 0.6) is 0 Å². The average Bonchev–Trinajstić information content (AvgIpc) is 2.28. The molecule has 0 saturated heterocycles. The van der Waals surface area contributed by atoms with Gasteiger partial charge in [-0.15, -0.1) is 0 Å². The Balaban J connectivity index is 3.02. The normalized spacial score (nSPS) is 12.4. The Kier molecular flexibility index (Phi) is 5.79. The molecule has 7 heteroatoms. The Morgan fingerprint density at radius 1 is 1.11 bits per heavy atom. The summed E-state index contributed by atoms with van der Waals surface area (Å²) in [6.45, 7) is 1.13. The van der Waals surface area contributed by atoms with Crippen LogP contribution in [0.25, 0.3) is 0 Å². The van der Waals surface area contributed by atoms with Gasteiger partial charge in [-0.1, -0.05) is 15.9 Å². The second kappa shape index (κ2) is 6.47. The van der Waals surface area contributed by atoms with E-state index in [0.717, 1.165) is 4.47 Å². The van der Waals surface area contributed by atoms with Crippen molar-refractivity contribution in [3.63, 3.8) is 0 Å². The highest BCUT2D eigenvalue weighted by molar-refractivity contribution is 9.11. The molecule has 0 fully saturated rings. The van der Waals surface area contributed by atoms with Gasteiger partial charge in [-0.25, -0.2) is 8.42 Å². The number of likely N-dealkylation sites (N-methyl/N-ethyl adjacent to an activating group) is 2. The minimum atomic E-state index is -3.46. The second-order valence-electron chi connectivity index (χ2n) is 4.20. The maximum absolute atomic E-state index is 12.4. The number of halogens is 2. The molecule has 0 bridgehead atoms. The topological polar surface area (TPSA) is 40.6 Å². The number of hydrogen-bond acceptors (Lipinski definition) is 3. The molecule has 0 aliphatic rings. The van der Waals surface area contributed by atoms with Crippen molar-refractivity contribution in [2.45, 2.75) is 4.90 Å². The molecule has 18 heavy (non-hydrogen) atoms. The van der Waals surface area contributed by atoms with Gasteiger partial charge in [0.05, 0.1) is 4.90 Å². The molecule has 0 heterocycles. The van der Waals surface area contributed by atoms with Crippen molar-refractivity contribution in [2.75, 3.05) is 34.2 Å². The smallest absolute Gasteiger partial charge is 0.244 e. The highest BCUT2D eigenvalue weighted by Gasteiger charge is 2.23. The van der Waals surface area contributed by atoms with Crippen LogP contribution >= 0.6 is 31.9 Å². The minimum absolute atomic E-state index is 0.276. The van der Waals surface area contributed by atoms with Crippen LogP contribution in [0.4, 0.5) is 0 Å². The molecule has 0 spiro atoms. The van der Waals surface area contributed by atoms with Gasteiger partial charge < -0.3 is 4.90 Å². The molecule has 0 atom stereocenters. The SMILES string of the molecule is CN(C)CCN(C)S(=O)(=O)c1cc(Br)ccc1Br. The van der Waals surface area contributed by atoms with E-state index < -0.39 is 10.0 Å². The summed E-state index contributed by atoms with van der Waals surface area (Å²) in [6.07, 6.45) is 0. The third-order valence-corrected chi connectivity index (χ3v) is 5.79. The number of hydrogen-bond donors (Lipinski definition) is 0. The average molecular weight is 400 g/mol. The standard InChI is InChI=1S/C11H16Br2N2O2S/c1-14(2)6-7-15(3)18(16,17)11-8-9(12)4-5-10(11)13/h4-5,8H,6-7H2,1-3H3. The zero-order valence-corrected chi connectivity index (χ0v) is 14.5. The fourth-order valence-corrected chi connectivity index (χ4v) is 3.92.